The summed E-state index contributed by atoms with van der Waals surface area (Å²) in [6, 6.07) is 2.51. The first kappa shape index (κ1) is 18.7. The smallest absolute Gasteiger partial charge is 0.381 e. The van der Waals surface area contributed by atoms with E-state index in [1.165, 1.54) is 0 Å². The van der Waals surface area contributed by atoms with Gasteiger partial charge in [-0.25, -0.2) is 4.98 Å². The number of ether oxygens (including phenoxy) is 1. The molecule has 0 atom stereocenters. The molecule has 0 N–H and O–H groups in total. The molecule has 4 rings (SSSR count). The zero-order valence-electron chi connectivity index (χ0n) is 15.4. The van der Waals surface area contributed by atoms with Crippen molar-refractivity contribution in [2.24, 2.45) is 5.41 Å². The summed E-state index contributed by atoms with van der Waals surface area (Å²) < 4.78 is 45.3. The van der Waals surface area contributed by atoms with Gasteiger partial charge in [0.1, 0.15) is 5.69 Å². The molecule has 7 heteroatoms. The molecule has 2 saturated heterocycles. The third kappa shape index (κ3) is 4.13. The molecule has 3 fully saturated rings. The van der Waals surface area contributed by atoms with Crippen LogP contribution in [0.15, 0.2) is 12.1 Å². The summed E-state index contributed by atoms with van der Waals surface area (Å²) in [4.78, 5) is 18.7. The van der Waals surface area contributed by atoms with Crippen LogP contribution in [-0.2, 0) is 10.9 Å². The zero-order chi connectivity index (χ0) is 19.1. The van der Waals surface area contributed by atoms with E-state index in [4.69, 9.17) is 4.74 Å². The Morgan fingerprint density at radius 3 is 2.56 bits per heavy atom. The van der Waals surface area contributed by atoms with Crippen LogP contribution in [-0.4, -0.2) is 42.1 Å². The maximum Gasteiger partial charge on any atom is 0.433 e. The average molecular weight is 382 g/mol. The number of halogens is 3. The predicted octanol–water partition coefficient (Wildman–Crippen LogP) is 4.40. The number of alkyl halides is 3. The molecule has 0 radical (unpaired) electrons. The topological polar surface area (TPSA) is 42.4 Å². The third-order valence-electron chi connectivity index (χ3n) is 6.13. The Bertz CT molecular complexity index is 710. The molecule has 148 valence electrons. The van der Waals surface area contributed by atoms with Crippen LogP contribution in [0, 0.1) is 5.41 Å². The van der Waals surface area contributed by atoms with Crippen molar-refractivity contribution in [1.82, 2.24) is 9.88 Å². The quantitative estimate of drug-likeness (QED) is 0.761. The van der Waals surface area contributed by atoms with Crippen LogP contribution in [0.1, 0.15) is 72.6 Å². The monoisotopic (exact) mass is 382 g/mol. The molecule has 1 spiro atoms. The van der Waals surface area contributed by atoms with Gasteiger partial charge in [-0.05, 0) is 56.1 Å². The van der Waals surface area contributed by atoms with E-state index >= 15 is 0 Å². The van der Waals surface area contributed by atoms with E-state index < -0.39 is 11.9 Å². The van der Waals surface area contributed by atoms with E-state index in [1.807, 2.05) is 0 Å². The van der Waals surface area contributed by atoms with Gasteiger partial charge in [-0.2, -0.15) is 13.2 Å². The molecule has 27 heavy (non-hydrogen) atoms. The summed E-state index contributed by atoms with van der Waals surface area (Å²) in [6.07, 6.45) is 1.95. The number of amides is 1. The van der Waals surface area contributed by atoms with Crippen molar-refractivity contribution < 1.29 is 22.7 Å². The molecular formula is C20H25F3N2O2. The minimum absolute atomic E-state index is 0.0453. The van der Waals surface area contributed by atoms with Gasteiger partial charge >= 0.3 is 6.18 Å². The first-order chi connectivity index (χ1) is 12.9. The Morgan fingerprint density at radius 1 is 1.15 bits per heavy atom. The molecule has 3 heterocycles. The number of hydrogen-bond acceptors (Lipinski definition) is 3. The molecule has 0 bridgehead atoms. The molecule has 2 aliphatic heterocycles. The van der Waals surface area contributed by atoms with E-state index in [0.29, 0.717) is 32.0 Å². The Morgan fingerprint density at radius 2 is 1.89 bits per heavy atom. The Balaban J connectivity index is 1.62. The first-order valence-electron chi connectivity index (χ1n) is 9.83. The van der Waals surface area contributed by atoms with E-state index in [9.17, 15) is 18.0 Å². The Kier molecular flexibility index (Phi) is 4.91. The maximum absolute atomic E-state index is 13.3. The fourth-order valence-electron chi connectivity index (χ4n) is 4.34. The van der Waals surface area contributed by atoms with Gasteiger partial charge in [0.25, 0.3) is 5.91 Å². The highest BCUT2D eigenvalue weighted by atomic mass is 19.4. The first-order valence-corrected chi connectivity index (χ1v) is 9.83. The van der Waals surface area contributed by atoms with E-state index in [1.54, 1.807) is 11.0 Å². The van der Waals surface area contributed by atoms with Crippen molar-refractivity contribution >= 4 is 5.91 Å². The highest BCUT2D eigenvalue weighted by Crippen LogP contribution is 2.42. The second kappa shape index (κ2) is 7.08. The largest absolute Gasteiger partial charge is 0.433 e. The van der Waals surface area contributed by atoms with Gasteiger partial charge < -0.3 is 9.64 Å². The molecule has 4 nitrogen and oxygen atoms in total. The lowest BCUT2D eigenvalue weighted by Crippen LogP contribution is -2.43. The fourth-order valence-corrected chi connectivity index (χ4v) is 4.34. The molecular weight excluding hydrogens is 357 g/mol. The molecule has 3 aliphatic rings. The Labute approximate surface area is 157 Å². The minimum atomic E-state index is -4.54. The van der Waals surface area contributed by atoms with Crippen molar-refractivity contribution in [3.8, 4) is 0 Å². The van der Waals surface area contributed by atoms with Crippen LogP contribution in [0.25, 0.3) is 0 Å². The second-order valence-electron chi connectivity index (χ2n) is 8.23. The molecule has 1 aromatic rings. The zero-order valence-corrected chi connectivity index (χ0v) is 15.4. The van der Waals surface area contributed by atoms with Gasteiger partial charge in [0.05, 0.1) is 0 Å². The second-order valence-corrected chi connectivity index (χ2v) is 8.23. The average Bonchev–Trinajstić information content (AvgIpc) is 3.49. The highest BCUT2D eigenvalue weighted by Gasteiger charge is 2.39. The number of carbonyl (C=O) groups is 1. The summed E-state index contributed by atoms with van der Waals surface area (Å²) in [5.41, 5.74) is -0.373. The fraction of sp³-hybridized carbons (Fsp3) is 0.700. The van der Waals surface area contributed by atoms with Crippen LogP contribution in [0.5, 0.6) is 0 Å². The van der Waals surface area contributed by atoms with Crippen molar-refractivity contribution in [3.63, 3.8) is 0 Å². The van der Waals surface area contributed by atoms with Gasteiger partial charge in [0.15, 0.2) is 0 Å². The normalized spacial score (nSPS) is 23.3. The molecule has 1 saturated carbocycles. The maximum atomic E-state index is 13.3. The Hall–Kier alpha value is -1.63. The van der Waals surface area contributed by atoms with Crippen LogP contribution in [0.3, 0.4) is 0 Å². The number of rotatable bonds is 2. The van der Waals surface area contributed by atoms with Gasteiger partial charge in [-0.3, -0.25) is 4.79 Å². The van der Waals surface area contributed by atoms with E-state index in [2.05, 4.69) is 4.98 Å². The van der Waals surface area contributed by atoms with Crippen molar-refractivity contribution in [2.45, 2.75) is 57.0 Å². The minimum Gasteiger partial charge on any atom is -0.381 e. The van der Waals surface area contributed by atoms with Crippen molar-refractivity contribution in [1.29, 1.82) is 0 Å². The number of pyridine rings is 1. The SMILES string of the molecule is O=C(c1cc(C2CC2)nc(C(F)(F)F)c1)N1CCCCC2(CCOCC2)C1. The number of aromatic nitrogens is 1. The molecule has 1 amide bonds. The summed E-state index contributed by atoms with van der Waals surface area (Å²) >= 11 is 0. The standard InChI is InChI=1S/C20H25F3N2O2/c21-20(22,23)17-12-15(11-16(24-17)14-3-4-14)18(26)25-8-2-1-5-19(13-25)6-9-27-10-7-19/h11-12,14H,1-10,13H2. The number of carbonyl (C=O) groups excluding carboxylic acids is 1. The van der Waals surface area contributed by atoms with Crippen molar-refractivity contribution in [2.75, 3.05) is 26.3 Å². The number of nitrogens with zero attached hydrogens (tertiary/aromatic N) is 2. The number of likely N-dealkylation sites (tertiary alicyclic amines) is 1. The van der Waals surface area contributed by atoms with Gasteiger partial charge in [-0.1, -0.05) is 6.42 Å². The summed E-state index contributed by atoms with van der Waals surface area (Å²) in [5.74, 6) is -0.234. The summed E-state index contributed by atoms with van der Waals surface area (Å²) in [5, 5.41) is 0. The van der Waals surface area contributed by atoms with E-state index in [-0.39, 0.29) is 22.8 Å². The lowest BCUT2D eigenvalue weighted by molar-refractivity contribution is -0.141. The molecule has 0 unspecified atom stereocenters. The van der Waals surface area contributed by atoms with Crippen LogP contribution in [0.2, 0.25) is 0 Å². The van der Waals surface area contributed by atoms with Crippen molar-refractivity contribution in [3.05, 3.63) is 29.1 Å². The van der Waals surface area contributed by atoms with Crippen LogP contribution < -0.4 is 0 Å². The molecule has 1 aliphatic carbocycles. The highest BCUT2D eigenvalue weighted by molar-refractivity contribution is 5.94. The van der Waals surface area contributed by atoms with Gasteiger partial charge in [0.2, 0.25) is 0 Å². The molecule has 0 aromatic carbocycles. The van der Waals surface area contributed by atoms with Gasteiger partial charge in [0, 0.05) is 43.5 Å². The van der Waals surface area contributed by atoms with Crippen LogP contribution >= 0.6 is 0 Å². The molecule has 1 aromatic heterocycles. The van der Waals surface area contributed by atoms with Gasteiger partial charge in [-0.15, -0.1) is 0 Å². The lowest BCUT2D eigenvalue weighted by atomic mass is 9.76. The van der Waals surface area contributed by atoms with Crippen LogP contribution in [0.4, 0.5) is 13.2 Å². The predicted molar refractivity (Wildman–Crippen MR) is 93.5 cm³/mol. The lowest BCUT2D eigenvalue weighted by Gasteiger charge is -2.39. The summed E-state index contributed by atoms with van der Waals surface area (Å²) in [7, 11) is 0. The third-order valence-corrected chi connectivity index (χ3v) is 6.13. The summed E-state index contributed by atoms with van der Waals surface area (Å²) in [6.45, 7) is 2.60. The van der Waals surface area contributed by atoms with E-state index in [0.717, 1.165) is 51.0 Å². The number of hydrogen-bond donors (Lipinski definition) is 0.